The van der Waals surface area contributed by atoms with E-state index in [1.165, 1.54) is 5.56 Å². The van der Waals surface area contributed by atoms with Crippen molar-refractivity contribution in [3.63, 3.8) is 0 Å². The number of likely N-dealkylation sites (N-methyl/N-ethyl adjacent to an activating group) is 1. The number of halogens is 1. The molecule has 0 aromatic heterocycles. The van der Waals surface area contributed by atoms with Crippen LogP contribution in [0, 0.1) is 0 Å². The summed E-state index contributed by atoms with van der Waals surface area (Å²) in [7, 11) is 2.13. The molecular weight excluding hydrogens is 334 g/mol. The molecule has 0 saturated carbocycles. The van der Waals surface area contributed by atoms with Crippen LogP contribution in [0.2, 0.25) is 5.02 Å². The van der Waals surface area contributed by atoms with Crippen molar-refractivity contribution in [3.05, 3.63) is 58.6 Å². The lowest BCUT2D eigenvalue weighted by molar-refractivity contribution is 0.102. The maximum Gasteiger partial charge on any atom is 0.255 e. The first-order valence-corrected chi connectivity index (χ1v) is 9.08. The fourth-order valence-corrected chi connectivity index (χ4v) is 3.28. The molecule has 2 aromatic rings. The molecule has 132 valence electrons. The molecule has 5 heteroatoms. The smallest absolute Gasteiger partial charge is 0.255 e. The normalized spacial score (nSPS) is 15.2. The van der Waals surface area contributed by atoms with E-state index in [1.54, 1.807) is 0 Å². The quantitative estimate of drug-likeness (QED) is 0.901. The van der Waals surface area contributed by atoms with Crippen LogP contribution < -0.4 is 10.2 Å². The number of nitrogens with zero attached hydrogens (tertiary/aromatic N) is 2. The van der Waals surface area contributed by atoms with Gasteiger partial charge in [0.15, 0.2) is 0 Å². The van der Waals surface area contributed by atoms with Gasteiger partial charge in [-0.05, 0) is 49.4 Å². The van der Waals surface area contributed by atoms with Gasteiger partial charge in [0.2, 0.25) is 0 Å². The number of carbonyl (C=O) groups is 1. The first-order valence-electron chi connectivity index (χ1n) is 8.70. The molecule has 3 rings (SSSR count). The molecule has 0 radical (unpaired) electrons. The Morgan fingerprint density at radius 3 is 2.36 bits per heavy atom. The number of benzene rings is 2. The minimum atomic E-state index is -0.119. The van der Waals surface area contributed by atoms with Crippen LogP contribution in [0.3, 0.4) is 0 Å². The third kappa shape index (κ3) is 4.33. The fraction of sp³-hybridized carbons (Fsp3) is 0.350. The summed E-state index contributed by atoms with van der Waals surface area (Å²) in [5.74, 6) is -0.119. The van der Waals surface area contributed by atoms with Crippen LogP contribution in [-0.4, -0.2) is 44.0 Å². The van der Waals surface area contributed by atoms with E-state index >= 15 is 0 Å². The molecule has 0 atom stereocenters. The Hall–Kier alpha value is -2.04. The van der Waals surface area contributed by atoms with Crippen LogP contribution in [0.1, 0.15) is 22.8 Å². The molecule has 1 N–H and O–H groups in total. The van der Waals surface area contributed by atoms with Gasteiger partial charge in [0.1, 0.15) is 0 Å². The highest BCUT2D eigenvalue weighted by molar-refractivity contribution is 6.33. The Morgan fingerprint density at radius 2 is 1.76 bits per heavy atom. The lowest BCUT2D eigenvalue weighted by atomic mass is 10.1. The minimum Gasteiger partial charge on any atom is -0.368 e. The van der Waals surface area contributed by atoms with Gasteiger partial charge in [0.25, 0.3) is 5.91 Å². The third-order valence-corrected chi connectivity index (χ3v) is 4.98. The van der Waals surface area contributed by atoms with Crippen molar-refractivity contribution in [2.24, 2.45) is 0 Å². The number of amides is 1. The number of nitrogens with one attached hydrogen (secondary N) is 1. The molecule has 0 spiro atoms. The molecule has 1 saturated heterocycles. The van der Waals surface area contributed by atoms with E-state index < -0.39 is 0 Å². The topological polar surface area (TPSA) is 35.6 Å². The Balaban J connectivity index is 1.68. The summed E-state index contributed by atoms with van der Waals surface area (Å²) >= 11 is 6.46. The first-order chi connectivity index (χ1) is 12.1. The third-order valence-electron chi connectivity index (χ3n) is 4.67. The predicted molar refractivity (Wildman–Crippen MR) is 105 cm³/mol. The van der Waals surface area contributed by atoms with Crippen LogP contribution in [-0.2, 0) is 6.42 Å². The lowest BCUT2D eigenvalue weighted by Crippen LogP contribution is -2.44. The second kappa shape index (κ2) is 7.89. The summed E-state index contributed by atoms with van der Waals surface area (Å²) in [6.07, 6.45) is 0.964. The van der Waals surface area contributed by atoms with Crippen LogP contribution >= 0.6 is 11.6 Å². The highest BCUT2D eigenvalue weighted by Gasteiger charge is 2.17. The standard InChI is InChI=1S/C20H24ClN3O/c1-3-15-4-6-16(7-5-15)20(25)22-17-8-9-19(18(21)14-17)24-12-10-23(2)11-13-24/h4-9,14H,3,10-13H2,1-2H3,(H,22,25). The number of hydrogen-bond acceptors (Lipinski definition) is 3. The van der Waals surface area contributed by atoms with Gasteiger partial charge in [-0.25, -0.2) is 0 Å². The summed E-state index contributed by atoms with van der Waals surface area (Å²) in [4.78, 5) is 17.0. The summed E-state index contributed by atoms with van der Waals surface area (Å²) < 4.78 is 0. The molecule has 1 amide bonds. The second-order valence-corrected chi connectivity index (χ2v) is 6.87. The Morgan fingerprint density at radius 1 is 1.08 bits per heavy atom. The van der Waals surface area contributed by atoms with E-state index in [0.717, 1.165) is 38.3 Å². The summed E-state index contributed by atoms with van der Waals surface area (Å²) in [6.45, 7) is 6.08. The lowest BCUT2D eigenvalue weighted by Gasteiger charge is -2.34. The zero-order valence-electron chi connectivity index (χ0n) is 14.8. The van der Waals surface area contributed by atoms with Crippen LogP contribution in [0.15, 0.2) is 42.5 Å². The minimum absolute atomic E-state index is 0.119. The molecule has 25 heavy (non-hydrogen) atoms. The fourth-order valence-electron chi connectivity index (χ4n) is 2.98. The van der Waals surface area contributed by atoms with E-state index in [9.17, 15) is 4.79 Å². The predicted octanol–water partition coefficient (Wildman–Crippen LogP) is 3.91. The van der Waals surface area contributed by atoms with Crippen LogP contribution in [0.5, 0.6) is 0 Å². The Kier molecular flexibility index (Phi) is 5.61. The molecule has 2 aromatic carbocycles. The van der Waals surface area contributed by atoms with Crippen molar-refractivity contribution in [1.29, 1.82) is 0 Å². The van der Waals surface area contributed by atoms with Crippen molar-refractivity contribution in [2.75, 3.05) is 43.4 Å². The Labute approximate surface area is 154 Å². The summed E-state index contributed by atoms with van der Waals surface area (Å²) in [6, 6.07) is 13.4. The summed E-state index contributed by atoms with van der Waals surface area (Å²) in [5.41, 5.74) is 3.61. The Bertz CT molecular complexity index is 737. The van der Waals surface area contributed by atoms with Crippen molar-refractivity contribution in [3.8, 4) is 0 Å². The highest BCUT2D eigenvalue weighted by atomic mass is 35.5. The molecular formula is C20H24ClN3O. The molecule has 0 aliphatic carbocycles. The van der Waals surface area contributed by atoms with Gasteiger partial charge in [0.05, 0.1) is 10.7 Å². The average molecular weight is 358 g/mol. The van der Waals surface area contributed by atoms with Gasteiger partial charge in [-0.1, -0.05) is 30.7 Å². The molecule has 0 bridgehead atoms. The molecule has 1 heterocycles. The largest absolute Gasteiger partial charge is 0.368 e. The first kappa shape index (κ1) is 17.8. The number of carbonyl (C=O) groups excluding carboxylic acids is 1. The number of aryl methyl sites for hydroxylation is 1. The van der Waals surface area contributed by atoms with Crippen molar-refractivity contribution < 1.29 is 4.79 Å². The average Bonchev–Trinajstić information content (AvgIpc) is 2.63. The van der Waals surface area contributed by atoms with Crippen molar-refractivity contribution >= 4 is 28.9 Å². The van der Waals surface area contributed by atoms with Gasteiger partial charge in [0, 0.05) is 37.4 Å². The van der Waals surface area contributed by atoms with Gasteiger partial charge >= 0.3 is 0 Å². The highest BCUT2D eigenvalue weighted by Crippen LogP contribution is 2.29. The van der Waals surface area contributed by atoms with E-state index in [2.05, 4.69) is 29.1 Å². The maximum absolute atomic E-state index is 12.4. The maximum atomic E-state index is 12.4. The van der Waals surface area contributed by atoms with Gasteiger partial charge < -0.3 is 15.1 Å². The van der Waals surface area contributed by atoms with Crippen LogP contribution in [0.25, 0.3) is 0 Å². The second-order valence-electron chi connectivity index (χ2n) is 6.46. The van der Waals surface area contributed by atoms with Gasteiger partial charge in [-0.2, -0.15) is 0 Å². The van der Waals surface area contributed by atoms with Crippen molar-refractivity contribution in [2.45, 2.75) is 13.3 Å². The van der Waals surface area contributed by atoms with E-state index in [4.69, 9.17) is 11.6 Å². The number of rotatable bonds is 4. The number of anilines is 2. The summed E-state index contributed by atoms with van der Waals surface area (Å²) in [5, 5.41) is 3.59. The number of hydrogen-bond donors (Lipinski definition) is 1. The molecule has 1 aliphatic heterocycles. The van der Waals surface area contributed by atoms with Gasteiger partial charge in [-0.3, -0.25) is 4.79 Å². The van der Waals surface area contributed by atoms with E-state index in [1.807, 2.05) is 42.5 Å². The van der Waals surface area contributed by atoms with Gasteiger partial charge in [-0.15, -0.1) is 0 Å². The molecule has 4 nitrogen and oxygen atoms in total. The van der Waals surface area contributed by atoms with E-state index in [-0.39, 0.29) is 5.91 Å². The molecule has 1 fully saturated rings. The van der Waals surface area contributed by atoms with E-state index in [0.29, 0.717) is 16.3 Å². The monoisotopic (exact) mass is 357 g/mol. The number of piperazine rings is 1. The van der Waals surface area contributed by atoms with Crippen molar-refractivity contribution in [1.82, 2.24) is 4.90 Å². The van der Waals surface area contributed by atoms with Crippen LogP contribution in [0.4, 0.5) is 11.4 Å². The zero-order valence-corrected chi connectivity index (χ0v) is 15.5. The SMILES string of the molecule is CCc1ccc(C(=O)Nc2ccc(N3CCN(C)CC3)c(Cl)c2)cc1. The molecule has 1 aliphatic rings. The zero-order chi connectivity index (χ0) is 17.8. The molecule has 0 unspecified atom stereocenters.